The summed E-state index contributed by atoms with van der Waals surface area (Å²) in [5.74, 6) is 0.297. The van der Waals surface area contributed by atoms with Crippen molar-refractivity contribution in [3.8, 4) is 6.07 Å². The van der Waals surface area contributed by atoms with Crippen LogP contribution in [0.1, 0.15) is 32.0 Å². The Morgan fingerprint density at radius 1 is 1.50 bits per heavy atom. The van der Waals surface area contributed by atoms with E-state index in [9.17, 15) is 0 Å². The molecule has 12 heavy (non-hydrogen) atoms. The zero-order chi connectivity index (χ0) is 8.81. The van der Waals surface area contributed by atoms with Crippen LogP contribution in [0.4, 0.5) is 0 Å². The molecule has 0 saturated carbocycles. The fourth-order valence-electron chi connectivity index (χ4n) is 0.947. The summed E-state index contributed by atoms with van der Waals surface area (Å²) < 4.78 is 1.54. The second-order valence-corrected chi connectivity index (χ2v) is 2.54. The molecule has 0 saturated heterocycles. The SMILES string of the molecule is CCCCCn1nnnc1C#N. The zero-order valence-corrected chi connectivity index (χ0v) is 7.06. The summed E-state index contributed by atoms with van der Waals surface area (Å²) in [5, 5.41) is 19.2. The van der Waals surface area contributed by atoms with Gasteiger partial charge in [0.2, 0.25) is 0 Å². The molecule has 0 atom stereocenters. The van der Waals surface area contributed by atoms with E-state index >= 15 is 0 Å². The molecule has 0 fully saturated rings. The van der Waals surface area contributed by atoms with Crippen molar-refractivity contribution in [3.63, 3.8) is 0 Å². The molecule has 0 spiro atoms. The Kier molecular flexibility index (Phi) is 3.20. The fraction of sp³-hybridized carbons (Fsp3) is 0.714. The zero-order valence-electron chi connectivity index (χ0n) is 7.06. The summed E-state index contributed by atoms with van der Waals surface area (Å²) in [6.45, 7) is 2.87. The van der Waals surface area contributed by atoms with Crippen LogP contribution in [0.15, 0.2) is 0 Å². The van der Waals surface area contributed by atoms with Gasteiger partial charge in [-0.05, 0) is 16.8 Å². The normalized spacial score (nSPS) is 9.67. The number of rotatable bonds is 4. The number of hydrogen-bond acceptors (Lipinski definition) is 4. The largest absolute Gasteiger partial charge is 0.253 e. The van der Waals surface area contributed by atoms with Crippen LogP contribution in [-0.2, 0) is 6.54 Å². The third-order valence-corrected chi connectivity index (χ3v) is 1.61. The summed E-state index contributed by atoms with van der Waals surface area (Å²) in [4.78, 5) is 0. The van der Waals surface area contributed by atoms with Gasteiger partial charge >= 0.3 is 0 Å². The van der Waals surface area contributed by atoms with Crippen LogP contribution in [0.25, 0.3) is 0 Å². The van der Waals surface area contributed by atoms with Gasteiger partial charge in [0.05, 0.1) is 0 Å². The highest BCUT2D eigenvalue weighted by atomic mass is 15.5. The first-order valence-corrected chi connectivity index (χ1v) is 4.04. The summed E-state index contributed by atoms with van der Waals surface area (Å²) in [6, 6.07) is 1.93. The van der Waals surface area contributed by atoms with Gasteiger partial charge in [0.1, 0.15) is 6.07 Å². The lowest BCUT2D eigenvalue weighted by molar-refractivity contribution is 0.533. The highest BCUT2D eigenvalue weighted by Gasteiger charge is 2.02. The van der Waals surface area contributed by atoms with Gasteiger partial charge in [0.25, 0.3) is 5.82 Å². The molecule has 1 aromatic rings. The Labute approximate surface area is 71.0 Å². The molecular formula is C7H11N5. The number of nitriles is 1. The number of nitrogens with zero attached hydrogens (tertiary/aromatic N) is 5. The van der Waals surface area contributed by atoms with Crippen LogP contribution in [0.5, 0.6) is 0 Å². The van der Waals surface area contributed by atoms with Crippen LogP contribution in [0.2, 0.25) is 0 Å². The second kappa shape index (κ2) is 4.44. The Bertz CT molecular complexity index is 272. The molecule has 0 N–H and O–H groups in total. The number of aromatic nitrogens is 4. The highest BCUT2D eigenvalue weighted by Crippen LogP contribution is 1.98. The maximum atomic E-state index is 8.55. The average Bonchev–Trinajstić information content (AvgIpc) is 2.52. The lowest BCUT2D eigenvalue weighted by Gasteiger charge is -1.97. The number of unbranched alkanes of at least 4 members (excludes halogenated alkanes) is 2. The fourth-order valence-corrected chi connectivity index (χ4v) is 0.947. The molecule has 0 aliphatic carbocycles. The summed E-state index contributed by atoms with van der Waals surface area (Å²) >= 11 is 0. The molecule has 64 valence electrons. The van der Waals surface area contributed by atoms with Crippen LogP contribution in [-0.4, -0.2) is 20.2 Å². The Hall–Kier alpha value is -1.44. The van der Waals surface area contributed by atoms with Gasteiger partial charge < -0.3 is 0 Å². The van der Waals surface area contributed by atoms with Crippen LogP contribution >= 0.6 is 0 Å². The number of aryl methyl sites for hydroxylation is 1. The maximum Gasteiger partial charge on any atom is 0.253 e. The summed E-state index contributed by atoms with van der Waals surface area (Å²) in [6.07, 6.45) is 3.32. The number of tetrazole rings is 1. The Morgan fingerprint density at radius 3 is 3.00 bits per heavy atom. The third-order valence-electron chi connectivity index (χ3n) is 1.61. The third kappa shape index (κ3) is 2.02. The van der Waals surface area contributed by atoms with Gasteiger partial charge in [0, 0.05) is 6.54 Å². The lowest BCUT2D eigenvalue weighted by atomic mass is 10.2. The van der Waals surface area contributed by atoms with Gasteiger partial charge in [0.15, 0.2) is 0 Å². The lowest BCUT2D eigenvalue weighted by Crippen LogP contribution is -2.03. The molecule has 0 bridgehead atoms. The quantitative estimate of drug-likeness (QED) is 0.617. The minimum Gasteiger partial charge on any atom is -0.217 e. The highest BCUT2D eigenvalue weighted by molar-refractivity contribution is 5.05. The van der Waals surface area contributed by atoms with Gasteiger partial charge in [-0.25, -0.2) is 4.68 Å². The van der Waals surface area contributed by atoms with Crippen molar-refractivity contribution in [2.75, 3.05) is 0 Å². The monoisotopic (exact) mass is 165 g/mol. The van der Waals surface area contributed by atoms with E-state index in [1.807, 2.05) is 6.07 Å². The van der Waals surface area contributed by atoms with E-state index in [0.29, 0.717) is 5.82 Å². The Balaban J connectivity index is 2.46. The average molecular weight is 165 g/mol. The van der Waals surface area contributed by atoms with Gasteiger partial charge in [-0.2, -0.15) is 5.26 Å². The predicted octanol–water partition coefficient (Wildman–Crippen LogP) is 0.735. The standard InChI is InChI=1S/C7H11N5/c1-2-3-4-5-12-7(6-8)9-10-11-12/h2-5H2,1H3. The van der Waals surface area contributed by atoms with E-state index in [0.717, 1.165) is 25.8 Å². The van der Waals surface area contributed by atoms with Crippen molar-refractivity contribution >= 4 is 0 Å². The van der Waals surface area contributed by atoms with Crippen LogP contribution < -0.4 is 0 Å². The second-order valence-electron chi connectivity index (χ2n) is 2.54. The van der Waals surface area contributed by atoms with Crippen molar-refractivity contribution in [2.24, 2.45) is 0 Å². The molecule has 1 aromatic heterocycles. The molecule has 1 rings (SSSR count). The van der Waals surface area contributed by atoms with Gasteiger partial charge in [-0.3, -0.25) is 0 Å². The van der Waals surface area contributed by atoms with E-state index in [2.05, 4.69) is 22.4 Å². The van der Waals surface area contributed by atoms with Crippen molar-refractivity contribution < 1.29 is 0 Å². The van der Waals surface area contributed by atoms with E-state index in [4.69, 9.17) is 5.26 Å². The first kappa shape index (κ1) is 8.65. The molecule has 5 nitrogen and oxygen atoms in total. The minimum atomic E-state index is 0.297. The van der Waals surface area contributed by atoms with Crippen molar-refractivity contribution in [3.05, 3.63) is 5.82 Å². The first-order chi connectivity index (χ1) is 5.88. The van der Waals surface area contributed by atoms with E-state index in [1.165, 1.54) is 4.68 Å². The summed E-state index contributed by atoms with van der Waals surface area (Å²) in [5.41, 5.74) is 0. The van der Waals surface area contributed by atoms with Crippen molar-refractivity contribution in [1.82, 2.24) is 20.2 Å². The number of hydrogen-bond donors (Lipinski definition) is 0. The predicted molar refractivity (Wildman–Crippen MR) is 42.1 cm³/mol. The molecule has 0 radical (unpaired) electrons. The van der Waals surface area contributed by atoms with Crippen LogP contribution in [0, 0.1) is 11.3 Å². The molecule has 0 unspecified atom stereocenters. The first-order valence-electron chi connectivity index (χ1n) is 4.04. The summed E-state index contributed by atoms with van der Waals surface area (Å²) in [7, 11) is 0. The molecule has 0 aliphatic rings. The molecule has 5 heteroatoms. The molecular weight excluding hydrogens is 154 g/mol. The van der Waals surface area contributed by atoms with E-state index in [1.54, 1.807) is 0 Å². The van der Waals surface area contributed by atoms with E-state index < -0.39 is 0 Å². The smallest absolute Gasteiger partial charge is 0.217 e. The Morgan fingerprint density at radius 2 is 2.33 bits per heavy atom. The van der Waals surface area contributed by atoms with Gasteiger partial charge in [-0.15, -0.1) is 0 Å². The molecule has 0 aliphatic heterocycles. The molecule has 0 amide bonds. The van der Waals surface area contributed by atoms with Gasteiger partial charge in [-0.1, -0.05) is 24.9 Å². The molecule has 1 heterocycles. The molecule has 0 aromatic carbocycles. The van der Waals surface area contributed by atoms with Crippen LogP contribution in [0.3, 0.4) is 0 Å². The minimum absolute atomic E-state index is 0.297. The maximum absolute atomic E-state index is 8.55. The topological polar surface area (TPSA) is 67.4 Å². The van der Waals surface area contributed by atoms with Crippen molar-refractivity contribution in [2.45, 2.75) is 32.7 Å². The van der Waals surface area contributed by atoms with E-state index in [-0.39, 0.29) is 0 Å². The van der Waals surface area contributed by atoms with Crippen molar-refractivity contribution in [1.29, 1.82) is 5.26 Å².